The van der Waals surface area contributed by atoms with Crippen molar-refractivity contribution in [1.29, 1.82) is 0 Å². The second-order valence-corrected chi connectivity index (χ2v) is 8.19. The molecule has 0 radical (unpaired) electrons. The minimum atomic E-state index is 0. The molecule has 1 saturated heterocycles. The Labute approximate surface area is 157 Å². The number of halogens is 1. The molecule has 142 valence electrons. The van der Waals surface area contributed by atoms with Gasteiger partial charge in [-0.1, -0.05) is 13.8 Å². The maximum Gasteiger partial charge on any atom is 0.222 e. The van der Waals surface area contributed by atoms with E-state index in [1.54, 1.807) is 0 Å². The van der Waals surface area contributed by atoms with Gasteiger partial charge in [0.1, 0.15) is 0 Å². The third-order valence-electron chi connectivity index (χ3n) is 5.92. The lowest BCUT2D eigenvalue weighted by molar-refractivity contribution is -0.130. The molecule has 3 rings (SSSR count). The highest BCUT2D eigenvalue weighted by Crippen LogP contribution is 2.37. The van der Waals surface area contributed by atoms with E-state index in [9.17, 15) is 4.79 Å². The summed E-state index contributed by atoms with van der Waals surface area (Å²) >= 11 is 0. The van der Waals surface area contributed by atoms with Crippen molar-refractivity contribution in [3.05, 3.63) is 17.0 Å². The van der Waals surface area contributed by atoms with Crippen LogP contribution in [0.4, 0.5) is 0 Å². The minimum Gasteiger partial charge on any atom is -0.342 e. The molecule has 1 aromatic heterocycles. The largest absolute Gasteiger partial charge is 0.342 e. The molecule has 0 bridgehead atoms. The van der Waals surface area contributed by atoms with Gasteiger partial charge in [-0.3, -0.25) is 9.48 Å². The van der Waals surface area contributed by atoms with E-state index >= 15 is 0 Å². The number of aromatic nitrogens is 2. The van der Waals surface area contributed by atoms with Crippen LogP contribution >= 0.6 is 12.4 Å². The van der Waals surface area contributed by atoms with Crippen LogP contribution in [0, 0.1) is 31.6 Å². The average Bonchev–Trinajstić information content (AvgIpc) is 3.14. The first kappa shape index (κ1) is 20.2. The van der Waals surface area contributed by atoms with Crippen LogP contribution in [0.2, 0.25) is 0 Å². The van der Waals surface area contributed by atoms with Crippen LogP contribution < -0.4 is 5.73 Å². The van der Waals surface area contributed by atoms with E-state index in [1.165, 1.54) is 17.7 Å². The summed E-state index contributed by atoms with van der Waals surface area (Å²) in [5.41, 5.74) is 9.72. The molecule has 1 aliphatic heterocycles. The molecule has 2 N–H and O–H groups in total. The molecule has 2 heterocycles. The fraction of sp³-hybridized carbons (Fsp3) is 0.789. The number of amides is 1. The fourth-order valence-corrected chi connectivity index (χ4v) is 4.52. The molecule has 1 aliphatic carbocycles. The van der Waals surface area contributed by atoms with Crippen molar-refractivity contribution in [2.75, 3.05) is 13.1 Å². The lowest BCUT2D eigenvalue weighted by Crippen LogP contribution is -2.33. The maximum atomic E-state index is 12.6. The van der Waals surface area contributed by atoms with Gasteiger partial charge in [0.25, 0.3) is 0 Å². The summed E-state index contributed by atoms with van der Waals surface area (Å²) in [5.74, 6) is 2.03. The first-order valence-electron chi connectivity index (χ1n) is 9.43. The number of carbonyl (C=O) groups excluding carboxylic acids is 1. The molecule has 2 fully saturated rings. The van der Waals surface area contributed by atoms with E-state index in [0.29, 0.717) is 30.2 Å². The first-order chi connectivity index (χ1) is 11.4. The topological polar surface area (TPSA) is 64.2 Å². The third-order valence-corrected chi connectivity index (χ3v) is 5.92. The number of likely N-dealkylation sites (tertiary alicyclic amines) is 1. The van der Waals surface area contributed by atoms with Crippen LogP contribution in [-0.4, -0.2) is 39.7 Å². The van der Waals surface area contributed by atoms with E-state index in [1.807, 2.05) is 0 Å². The molecular weight excluding hydrogens is 336 g/mol. The summed E-state index contributed by atoms with van der Waals surface area (Å²) in [6.07, 6.45) is 3.71. The van der Waals surface area contributed by atoms with Gasteiger partial charge in [-0.2, -0.15) is 5.10 Å². The molecule has 25 heavy (non-hydrogen) atoms. The van der Waals surface area contributed by atoms with E-state index in [4.69, 9.17) is 5.73 Å². The molecule has 6 heteroatoms. The smallest absolute Gasteiger partial charge is 0.222 e. The van der Waals surface area contributed by atoms with Gasteiger partial charge in [0.05, 0.1) is 5.69 Å². The van der Waals surface area contributed by atoms with E-state index in [0.717, 1.165) is 38.2 Å². The number of hydrogen-bond acceptors (Lipinski definition) is 3. The monoisotopic (exact) mass is 368 g/mol. The molecule has 1 amide bonds. The molecule has 1 aromatic rings. The number of fused-ring (bicyclic) bond motifs is 1. The van der Waals surface area contributed by atoms with Gasteiger partial charge in [-0.25, -0.2) is 0 Å². The summed E-state index contributed by atoms with van der Waals surface area (Å²) in [7, 11) is 0. The van der Waals surface area contributed by atoms with Gasteiger partial charge >= 0.3 is 0 Å². The average molecular weight is 369 g/mol. The highest BCUT2D eigenvalue weighted by atomic mass is 35.5. The lowest BCUT2D eigenvalue weighted by Gasteiger charge is -2.18. The zero-order valence-corrected chi connectivity index (χ0v) is 16.8. The molecule has 0 spiro atoms. The van der Waals surface area contributed by atoms with Crippen LogP contribution in [0.25, 0.3) is 0 Å². The summed E-state index contributed by atoms with van der Waals surface area (Å²) in [6, 6.07) is 0.298. The summed E-state index contributed by atoms with van der Waals surface area (Å²) in [6.45, 7) is 11.3. The van der Waals surface area contributed by atoms with Gasteiger partial charge in [-0.15, -0.1) is 12.4 Å². The highest BCUT2D eigenvalue weighted by Gasteiger charge is 2.42. The Balaban J connectivity index is 0.00000225. The Morgan fingerprint density at radius 1 is 1.28 bits per heavy atom. The summed E-state index contributed by atoms with van der Waals surface area (Å²) in [5, 5.41) is 4.66. The van der Waals surface area contributed by atoms with Crippen LogP contribution in [0.1, 0.15) is 50.1 Å². The van der Waals surface area contributed by atoms with Crippen LogP contribution in [0.15, 0.2) is 0 Å². The molecule has 0 aromatic carbocycles. The standard InChI is InChI=1S/C19H32N4O.ClH/c1-12(2)9-23-14(4)16(13(3)21-23)6-8-19(24)22-10-15-5-7-18(20)17(15)11-22;/h12,15,17-18H,5-11,20H2,1-4H3;1H. The number of rotatable bonds is 5. The van der Waals surface area contributed by atoms with Gasteiger partial charge in [-0.05, 0) is 56.4 Å². The molecular formula is C19H33ClN4O. The Hall–Kier alpha value is -1.07. The van der Waals surface area contributed by atoms with Gasteiger partial charge in [0, 0.05) is 37.8 Å². The van der Waals surface area contributed by atoms with Crippen LogP contribution in [0.3, 0.4) is 0 Å². The Morgan fingerprint density at radius 2 is 2.00 bits per heavy atom. The van der Waals surface area contributed by atoms with Crippen molar-refractivity contribution in [3.63, 3.8) is 0 Å². The second kappa shape index (κ2) is 8.09. The van der Waals surface area contributed by atoms with Crippen molar-refractivity contribution in [2.24, 2.45) is 23.5 Å². The fourth-order valence-electron chi connectivity index (χ4n) is 4.52. The number of nitrogens with two attached hydrogens (primary N) is 1. The maximum absolute atomic E-state index is 12.6. The predicted molar refractivity (Wildman–Crippen MR) is 103 cm³/mol. The third kappa shape index (κ3) is 4.20. The number of aryl methyl sites for hydroxylation is 1. The van der Waals surface area contributed by atoms with E-state index < -0.39 is 0 Å². The van der Waals surface area contributed by atoms with E-state index in [-0.39, 0.29) is 18.3 Å². The van der Waals surface area contributed by atoms with Gasteiger partial charge in [0.15, 0.2) is 0 Å². The number of carbonyl (C=O) groups is 1. The molecule has 5 nitrogen and oxygen atoms in total. The van der Waals surface area contributed by atoms with Crippen molar-refractivity contribution in [1.82, 2.24) is 14.7 Å². The molecule has 3 unspecified atom stereocenters. The Bertz CT molecular complexity index is 613. The van der Waals surface area contributed by atoms with Crippen molar-refractivity contribution < 1.29 is 4.79 Å². The van der Waals surface area contributed by atoms with Gasteiger partial charge in [0.2, 0.25) is 5.91 Å². The quantitative estimate of drug-likeness (QED) is 0.869. The van der Waals surface area contributed by atoms with Crippen LogP contribution in [0.5, 0.6) is 0 Å². The molecule has 1 saturated carbocycles. The van der Waals surface area contributed by atoms with Crippen LogP contribution in [-0.2, 0) is 17.8 Å². The summed E-state index contributed by atoms with van der Waals surface area (Å²) < 4.78 is 2.10. The van der Waals surface area contributed by atoms with Crippen molar-refractivity contribution in [3.8, 4) is 0 Å². The summed E-state index contributed by atoms with van der Waals surface area (Å²) in [4.78, 5) is 14.7. The number of hydrogen-bond donors (Lipinski definition) is 1. The normalized spacial score (nSPS) is 25.4. The predicted octanol–water partition coefficient (Wildman–Crippen LogP) is 2.71. The Kier molecular flexibility index (Phi) is 6.55. The van der Waals surface area contributed by atoms with Crippen molar-refractivity contribution >= 4 is 18.3 Å². The van der Waals surface area contributed by atoms with Gasteiger partial charge < -0.3 is 10.6 Å². The highest BCUT2D eigenvalue weighted by molar-refractivity contribution is 5.85. The van der Waals surface area contributed by atoms with E-state index in [2.05, 4.69) is 42.4 Å². The minimum absolute atomic E-state index is 0. The zero-order valence-electron chi connectivity index (χ0n) is 16.0. The second-order valence-electron chi connectivity index (χ2n) is 8.19. The zero-order chi connectivity index (χ0) is 17.4. The lowest BCUT2D eigenvalue weighted by atomic mass is 9.98. The Morgan fingerprint density at radius 3 is 2.64 bits per heavy atom. The molecule has 3 atom stereocenters. The first-order valence-corrected chi connectivity index (χ1v) is 9.43. The molecule has 2 aliphatic rings. The van der Waals surface area contributed by atoms with Crippen molar-refractivity contribution in [2.45, 2.75) is 66.0 Å². The SMILES string of the molecule is Cc1nn(CC(C)C)c(C)c1CCC(=O)N1CC2CCC(N)C2C1.Cl. The number of nitrogens with zero attached hydrogens (tertiary/aromatic N) is 3.